The number of unbranched alkanes of at least 4 members (excludes halogenated alkanes) is 1. The average Bonchev–Trinajstić information content (AvgIpc) is 2.99. The zero-order chi connectivity index (χ0) is 14.4. The molecular formula is C15H26N4O. The Bertz CT molecular complexity index is 396. The van der Waals surface area contributed by atoms with Crippen LogP contribution in [0.25, 0.3) is 0 Å². The minimum Gasteiger partial charge on any atom is -0.324 e. The van der Waals surface area contributed by atoms with Crippen molar-refractivity contribution in [1.29, 1.82) is 0 Å². The molecule has 0 atom stereocenters. The predicted molar refractivity (Wildman–Crippen MR) is 79.7 cm³/mol. The molecule has 5 nitrogen and oxygen atoms in total. The summed E-state index contributed by atoms with van der Waals surface area (Å²) >= 11 is 0. The molecule has 1 aliphatic heterocycles. The van der Waals surface area contributed by atoms with Gasteiger partial charge in [0.1, 0.15) is 6.33 Å². The van der Waals surface area contributed by atoms with Crippen molar-refractivity contribution in [2.24, 2.45) is 5.92 Å². The third-order valence-electron chi connectivity index (χ3n) is 4.07. The van der Waals surface area contributed by atoms with E-state index in [1.807, 2.05) is 4.90 Å². The first-order valence-corrected chi connectivity index (χ1v) is 7.66. The molecule has 1 aromatic rings. The van der Waals surface area contributed by atoms with Crippen molar-refractivity contribution in [3.63, 3.8) is 0 Å². The molecule has 2 rings (SSSR count). The number of carbonyl (C=O) groups is 1. The summed E-state index contributed by atoms with van der Waals surface area (Å²) in [5.41, 5.74) is 0. The molecule has 2 heterocycles. The maximum absolute atomic E-state index is 12.2. The zero-order valence-electron chi connectivity index (χ0n) is 12.7. The minimum absolute atomic E-state index is 0.0558. The Morgan fingerprint density at radius 2 is 2.15 bits per heavy atom. The van der Waals surface area contributed by atoms with E-state index in [9.17, 15) is 4.79 Å². The fourth-order valence-corrected chi connectivity index (χ4v) is 2.80. The van der Waals surface area contributed by atoms with Crippen LogP contribution < -0.4 is 0 Å². The van der Waals surface area contributed by atoms with Crippen molar-refractivity contribution in [1.82, 2.24) is 19.4 Å². The summed E-state index contributed by atoms with van der Waals surface area (Å²) in [6.45, 7) is 6.30. The lowest BCUT2D eigenvalue weighted by Crippen LogP contribution is -2.42. The van der Waals surface area contributed by atoms with Crippen LogP contribution in [0.4, 0.5) is 4.79 Å². The van der Waals surface area contributed by atoms with Crippen LogP contribution in [-0.2, 0) is 0 Å². The minimum atomic E-state index is 0.0558. The molecular weight excluding hydrogens is 252 g/mol. The number of amides is 1. The second-order valence-electron chi connectivity index (χ2n) is 5.80. The van der Waals surface area contributed by atoms with Crippen molar-refractivity contribution < 1.29 is 4.79 Å². The lowest BCUT2D eigenvalue weighted by Gasteiger charge is -2.33. The van der Waals surface area contributed by atoms with E-state index in [0.717, 1.165) is 38.4 Å². The monoisotopic (exact) mass is 278 g/mol. The van der Waals surface area contributed by atoms with Gasteiger partial charge in [-0.1, -0.05) is 13.3 Å². The summed E-state index contributed by atoms with van der Waals surface area (Å²) in [4.78, 5) is 20.5. The maximum Gasteiger partial charge on any atom is 0.329 e. The number of rotatable bonds is 5. The summed E-state index contributed by atoms with van der Waals surface area (Å²) in [7, 11) is 2.21. The van der Waals surface area contributed by atoms with Gasteiger partial charge in [-0.3, -0.25) is 4.57 Å². The second kappa shape index (κ2) is 7.43. The second-order valence-corrected chi connectivity index (χ2v) is 5.80. The Kier molecular flexibility index (Phi) is 5.59. The molecule has 1 aliphatic rings. The Morgan fingerprint density at radius 1 is 1.40 bits per heavy atom. The molecule has 0 unspecified atom stereocenters. The first kappa shape index (κ1) is 15.0. The van der Waals surface area contributed by atoms with Crippen LogP contribution in [0.2, 0.25) is 0 Å². The van der Waals surface area contributed by atoms with Gasteiger partial charge < -0.3 is 9.80 Å². The predicted octanol–water partition coefficient (Wildman–Crippen LogP) is 2.30. The summed E-state index contributed by atoms with van der Waals surface area (Å²) in [6, 6.07) is 0.0558. The highest BCUT2D eigenvalue weighted by Crippen LogP contribution is 2.19. The summed E-state index contributed by atoms with van der Waals surface area (Å²) in [5, 5.41) is 0. The lowest BCUT2D eigenvalue weighted by atomic mass is 9.96. The van der Waals surface area contributed by atoms with Crippen molar-refractivity contribution in [2.45, 2.75) is 32.6 Å². The Labute approximate surface area is 121 Å². The van der Waals surface area contributed by atoms with Gasteiger partial charge in [0.25, 0.3) is 0 Å². The molecule has 0 spiro atoms. The molecule has 112 valence electrons. The number of piperidine rings is 1. The molecule has 5 heteroatoms. The van der Waals surface area contributed by atoms with Crippen LogP contribution >= 0.6 is 0 Å². The lowest BCUT2D eigenvalue weighted by molar-refractivity contribution is 0.155. The molecule has 0 radical (unpaired) electrons. The molecule has 0 aliphatic carbocycles. The smallest absolute Gasteiger partial charge is 0.324 e. The number of hydrogen-bond donors (Lipinski definition) is 0. The van der Waals surface area contributed by atoms with E-state index < -0.39 is 0 Å². The molecule has 0 aromatic carbocycles. The summed E-state index contributed by atoms with van der Waals surface area (Å²) < 4.78 is 1.56. The number of hydrogen-bond acceptors (Lipinski definition) is 3. The van der Waals surface area contributed by atoms with Gasteiger partial charge in [0.15, 0.2) is 0 Å². The van der Waals surface area contributed by atoms with Crippen LogP contribution in [-0.4, -0.2) is 58.6 Å². The topological polar surface area (TPSA) is 41.4 Å². The van der Waals surface area contributed by atoms with Gasteiger partial charge >= 0.3 is 6.03 Å². The molecule has 1 amide bonds. The van der Waals surface area contributed by atoms with Crippen molar-refractivity contribution >= 4 is 6.03 Å². The van der Waals surface area contributed by atoms with Gasteiger partial charge in [0, 0.05) is 32.0 Å². The molecule has 0 saturated carbocycles. The number of carbonyl (C=O) groups excluding carboxylic acids is 1. The standard InChI is InChI=1S/C15H26N4O/c1-3-4-8-17(2)12-14-5-9-18(10-6-14)15(20)19-11-7-16-13-19/h7,11,13-14H,3-6,8-10,12H2,1-2H3. The van der Waals surface area contributed by atoms with Crippen molar-refractivity contribution in [3.05, 3.63) is 18.7 Å². The van der Waals surface area contributed by atoms with Crippen LogP contribution in [0.3, 0.4) is 0 Å². The van der Waals surface area contributed by atoms with E-state index >= 15 is 0 Å². The van der Waals surface area contributed by atoms with Gasteiger partial charge in [-0.05, 0) is 38.8 Å². The Hall–Kier alpha value is -1.36. The molecule has 1 aromatic heterocycles. The number of likely N-dealkylation sites (tertiary alicyclic amines) is 1. The van der Waals surface area contributed by atoms with E-state index in [2.05, 4.69) is 23.9 Å². The first-order valence-electron chi connectivity index (χ1n) is 7.66. The summed E-state index contributed by atoms with van der Waals surface area (Å²) in [5.74, 6) is 0.726. The van der Waals surface area contributed by atoms with E-state index in [0.29, 0.717) is 0 Å². The molecule has 1 fully saturated rings. The number of nitrogens with zero attached hydrogens (tertiary/aromatic N) is 4. The molecule has 0 N–H and O–H groups in total. The zero-order valence-corrected chi connectivity index (χ0v) is 12.7. The van der Waals surface area contributed by atoms with Crippen LogP contribution in [0.5, 0.6) is 0 Å². The van der Waals surface area contributed by atoms with Crippen LogP contribution in [0.1, 0.15) is 32.6 Å². The van der Waals surface area contributed by atoms with Gasteiger partial charge in [-0.15, -0.1) is 0 Å². The summed E-state index contributed by atoms with van der Waals surface area (Å²) in [6.07, 6.45) is 9.68. The highest BCUT2D eigenvalue weighted by atomic mass is 16.2. The average molecular weight is 278 g/mol. The normalized spacial score (nSPS) is 16.9. The Morgan fingerprint density at radius 3 is 2.75 bits per heavy atom. The highest BCUT2D eigenvalue weighted by molar-refractivity contribution is 5.76. The van der Waals surface area contributed by atoms with Crippen LogP contribution in [0.15, 0.2) is 18.7 Å². The third kappa shape index (κ3) is 4.07. The van der Waals surface area contributed by atoms with Crippen molar-refractivity contribution in [2.75, 3.05) is 33.2 Å². The Balaban J connectivity index is 1.73. The highest BCUT2D eigenvalue weighted by Gasteiger charge is 2.24. The van der Waals surface area contributed by atoms with Gasteiger partial charge in [-0.25, -0.2) is 9.78 Å². The van der Waals surface area contributed by atoms with Crippen molar-refractivity contribution in [3.8, 4) is 0 Å². The fraction of sp³-hybridized carbons (Fsp3) is 0.733. The van der Waals surface area contributed by atoms with Gasteiger partial charge in [-0.2, -0.15) is 0 Å². The maximum atomic E-state index is 12.2. The van der Waals surface area contributed by atoms with E-state index in [-0.39, 0.29) is 6.03 Å². The quantitative estimate of drug-likeness (QED) is 0.830. The first-order chi connectivity index (χ1) is 9.70. The number of imidazole rings is 1. The molecule has 1 saturated heterocycles. The SMILES string of the molecule is CCCCN(C)CC1CCN(C(=O)n2ccnc2)CC1. The van der Waals surface area contributed by atoms with Gasteiger partial charge in [0.2, 0.25) is 0 Å². The molecule has 20 heavy (non-hydrogen) atoms. The number of aromatic nitrogens is 2. The molecule has 0 bridgehead atoms. The van der Waals surface area contributed by atoms with E-state index in [1.165, 1.54) is 19.4 Å². The van der Waals surface area contributed by atoms with Crippen LogP contribution in [0, 0.1) is 5.92 Å². The largest absolute Gasteiger partial charge is 0.329 e. The third-order valence-corrected chi connectivity index (χ3v) is 4.07. The van der Waals surface area contributed by atoms with E-state index in [4.69, 9.17) is 0 Å². The van der Waals surface area contributed by atoms with E-state index in [1.54, 1.807) is 23.3 Å². The van der Waals surface area contributed by atoms with Gasteiger partial charge in [0.05, 0.1) is 0 Å². The fourth-order valence-electron chi connectivity index (χ4n) is 2.80.